The number of hydrogen-bond donors (Lipinski definition) is 1. The summed E-state index contributed by atoms with van der Waals surface area (Å²) in [5.74, 6) is 0.453. The van der Waals surface area contributed by atoms with Gasteiger partial charge in [0, 0.05) is 3.57 Å². The average molecular weight is 413 g/mol. The highest BCUT2D eigenvalue weighted by molar-refractivity contribution is 14.1. The molecule has 4 nitrogen and oxygen atoms in total. The molecule has 1 aromatic heterocycles. The summed E-state index contributed by atoms with van der Waals surface area (Å²) in [4.78, 5) is 0. The number of halogens is 2. The molecule has 0 atom stereocenters. The lowest BCUT2D eigenvalue weighted by molar-refractivity contribution is 0.877. The fraction of sp³-hybridized carbons (Fsp3) is 0.267. The van der Waals surface area contributed by atoms with Crippen molar-refractivity contribution in [2.24, 2.45) is 0 Å². The quantitative estimate of drug-likeness (QED) is 0.752. The van der Waals surface area contributed by atoms with Crippen LogP contribution in [0.25, 0.3) is 0 Å². The van der Waals surface area contributed by atoms with Crippen molar-refractivity contribution in [3.8, 4) is 6.07 Å². The number of aryl methyl sites for hydroxylation is 1. The second kappa shape index (κ2) is 7.05. The lowest BCUT2D eigenvalue weighted by atomic mass is 10.0. The lowest BCUT2D eigenvalue weighted by Crippen LogP contribution is -2.07. The maximum Gasteiger partial charge on any atom is 0.171 e. The predicted octanol–water partition coefficient (Wildman–Crippen LogP) is 4.47. The Balaban J connectivity index is 2.47. The molecule has 0 aliphatic rings. The highest BCUT2D eigenvalue weighted by atomic mass is 127. The average Bonchev–Trinajstić information content (AvgIpc) is 2.49. The minimum absolute atomic E-state index is 0.453. The second-order valence-electron chi connectivity index (χ2n) is 4.42. The summed E-state index contributed by atoms with van der Waals surface area (Å²) >= 11 is 8.40. The first-order valence-electron chi connectivity index (χ1n) is 6.61. The molecule has 0 saturated carbocycles. The SMILES string of the molecule is CCc1nnc(Nc2ccc(I)cc2Cl)c(C#N)c1CC. The van der Waals surface area contributed by atoms with Crippen molar-refractivity contribution in [1.29, 1.82) is 5.26 Å². The molecule has 2 aromatic rings. The summed E-state index contributed by atoms with van der Waals surface area (Å²) in [6.07, 6.45) is 1.51. The van der Waals surface area contributed by atoms with Gasteiger partial charge in [0.2, 0.25) is 0 Å². The van der Waals surface area contributed by atoms with Crippen LogP contribution in [0.5, 0.6) is 0 Å². The summed E-state index contributed by atoms with van der Waals surface area (Å²) in [6.45, 7) is 4.02. The molecule has 108 valence electrons. The van der Waals surface area contributed by atoms with Gasteiger partial charge in [0.1, 0.15) is 11.6 Å². The van der Waals surface area contributed by atoms with Crippen LogP contribution in [0.1, 0.15) is 30.7 Å². The zero-order chi connectivity index (χ0) is 15.4. The minimum Gasteiger partial charge on any atom is -0.336 e. The van der Waals surface area contributed by atoms with E-state index in [9.17, 15) is 5.26 Å². The van der Waals surface area contributed by atoms with Gasteiger partial charge in [-0.25, -0.2) is 0 Å². The number of nitrogens with one attached hydrogen (secondary N) is 1. The van der Waals surface area contributed by atoms with Gasteiger partial charge in [-0.1, -0.05) is 25.4 Å². The van der Waals surface area contributed by atoms with Crippen molar-refractivity contribution in [2.75, 3.05) is 5.32 Å². The number of benzene rings is 1. The van der Waals surface area contributed by atoms with E-state index in [0.29, 0.717) is 22.1 Å². The van der Waals surface area contributed by atoms with Crippen molar-refractivity contribution >= 4 is 45.7 Å². The van der Waals surface area contributed by atoms with Crippen LogP contribution in [-0.4, -0.2) is 10.2 Å². The second-order valence-corrected chi connectivity index (χ2v) is 6.07. The van der Waals surface area contributed by atoms with E-state index in [1.807, 2.05) is 32.0 Å². The lowest BCUT2D eigenvalue weighted by Gasteiger charge is -2.13. The van der Waals surface area contributed by atoms with Crippen LogP contribution in [0.2, 0.25) is 5.02 Å². The topological polar surface area (TPSA) is 61.6 Å². The van der Waals surface area contributed by atoms with Crippen molar-refractivity contribution in [3.63, 3.8) is 0 Å². The Kier molecular flexibility index (Phi) is 5.37. The monoisotopic (exact) mass is 412 g/mol. The minimum atomic E-state index is 0.453. The number of anilines is 2. The number of nitriles is 1. The molecular weight excluding hydrogens is 399 g/mol. The Labute approximate surface area is 142 Å². The molecule has 0 fully saturated rings. The van der Waals surface area contributed by atoms with Crippen molar-refractivity contribution in [1.82, 2.24) is 10.2 Å². The fourth-order valence-electron chi connectivity index (χ4n) is 2.10. The number of rotatable bonds is 4. The van der Waals surface area contributed by atoms with Crippen LogP contribution in [0.3, 0.4) is 0 Å². The Morgan fingerprint density at radius 2 is 2.05 bits per heavy atom. The van der Waals surface area contributed by atoms with E-state index >= 15 is 0 Å². The summed E-state index contributed by atoms with van der Waals surface area (Å²) in [5, 5.41) is 21.5. The van der Waals surface area contributed by atoms with Gasteiger partial charge < -0.3 is 5.32 Å². The maximum absolute atomic E-state index is 9.45. The number of nitrogens with zero attached hydrogens (tertiary/aromatic N) is 3. The van der Waals surface area contributed by atoms with Gasteiger partial charge in [0.15, 0.2) is 5.82 Å². The van der Waals surface area contributed by atoms with Gasteiger partial charge in [-0.3, -0.25) is 0 Å². The molecule has 0 radical (unpaired) electrons. The fourth-order valence-corrected chi connectivity index (χ4v) is 3.00. The van der Waals surface area contributed by atoms with Crippen LogP contribution in [0, 0.1) is 14.9 Å². The van der Waals surface area contributed by atoms with E-state index in [-0.39, 0.29) is 0 Å². The molecule has 1 heterocycles. The van der Waals surface area contributed by atoms with E-state index in [0.717, 1.165) is 27.7 Å². The van der Waals surface area contributed by atoms with Gasteiger partial charge in [-0.05, 0) is 59.2 Å². The molecule has 0 unspecified atom stereocenters. The van der Waals surface area contributed by atoms with Crippen LogP contribution < -0.4 is 5.32 Å². The van der Waals surface area contributed by atoms with Crippen molar-refractivity contribution in [2.45, 2.75) is 26.7 Å². The first-order valence-corrected chi connectivity index (χ1v) is 8.06. The third-order valence-corrected chi connectivity index (χ3v) is 4.13. The Bertz CT molecular complexity index is 710. The van der Waals surface area contributed by atoms with Gasteiger partial charge in [0.05, 0.1) is 16.4 Å². The summed E-state index contributed by atoms with van der Waals surface area (Å²) < 4.78 is 1.05. The molecule has 0 bridgehead atoms. The van der Waals surface area contributed by atoms with E-state index in [1.165, 1.54) is 0 Å². The standard InChI is InChI=1S/C15H14ClIN4/c1-3-10-11(8-18)15(21-20-13(10)4-2)19-14-6-5-9(17)7-12(14)16/h5-7H,3-4H2,1-2H3,(H,19,21). The molecule has 0 saturated heterocycles. The smallest absolute Gasteiger partial charge is 0.171 e. The molecule has 1 aromatic carbocycles. The van der Waals surface area contributed by atoms with E-state index in [1.54, 1.807) is 0 Å². The zero-order valence-corrected chi connectivity index (χ0v) is 14.7. The van der Waals surface area contributed by atoms with E-state index in [4.69, 9.17) is 11.6 Å². The molecule has 21 heavy (non-hydrogen) atoms. The first kappa shape index (κ1) is 16.0. The van der Waals surface area contributed by atoms with Crippen LogP contribution in [0.15, 0.2) is 18.2 Å². The van der Waals surface area contributed by atoms with Crippen LogP contribution >= 0.6 is 34.2 Å². The highest BCUT2D eigenvalue weighted by Gasteiger charge is 2.15. The van der Waals surface area contributed by atoms with Crippen LogP contribution in [-0.2, 0) is 12.8 Å². The Hall–Kier alpha value is -1.39. The number of hydrogen-bond acceptors (Lipinski definition) is 4. The predicted molar refractivity (Wildman–Crippen MR) is 93.0 cm³/mol. The molecule has 2 rings (SSSR count). The van der Waals surface area contributed by atoms with Gasteiger partial charge in [-0.15, -0.1) is 5.10 Å². The summed E-state index contributed by atoms with van der Waals surface area (Å²) in [5.41, 5.74) is 3.07. The van der Waals surface area contributed by atoms with Gasteiger partial charge >= 0.3 is 0 Å². The Morgan fingerprint density at radius 3 is 2.62 bits per heavy atom. The maximum atomic E-state index is 9.45. The third kappa shape index (κ3) is 3.44. The summed E-state index contributed by atoms with van der Waals surface area (Å²) in [6, 6.07) is 7.89. The summed E-state index contributed by atoms with van der Waals surface area (Å²) in [7, 11) is 0. The molecule has 0 aliphatic carbocycles. The Morgan fingerprint density at radius 1 is 1.29 bits per heavy atom. The zero-order valence-electron chi connectivity index (χ0n) is 11.7. The molecule has 6 heteroatoms. The molecule has 0 aliphatic heterocycles. The van der Waals surface area contributed by atoms with Gasteiger partial charge in [0.25, 0.3) is 0 Å². The molecule has 0 spiro atoms. The van der Waals surface area contributed by atoms with E-state index in [2.05, 4.69) is 44.2 Å². The largest absolute Gasteiger partial charge is 0.336 e. The third-order valence-electron chi connectivity index (χ3n) is 3.14. The number of aromatic nitrogens is 2. The first-order chi connectivity index (χ1) is 10.1. The molecule has 0 amide bonds. The van der Waals surface area contributed by atoms with Crippen molar-refractivity contribution < 1.29 is 0 Å². The molecular formula is C15H14ClIN4. The van der Waals surface area contributed by atoms with Crippen molar-refractivity contribution in [3.05, 3.63) is 43.6 Å². The van der Waals surface area contributed by atoms with E-state index < -0.39 is 0 Å². The molecule has 1 N–H and O–H groups in total. The van der Waals surface area contributed by atoms with Gasteiger partial charge in [-0.2, -0.15) is 10.4 Å². The normalized spacial score (nSPS) is 10.2. The highest BCUT2D eigenvalue weighted by Crippen LogP contribution is 2.29. The van der Waals surface area contributed by atoms with Crippen LogP contribution in [0.4, 0.5) is 11.5 Å².